The average molecular weight is 305 g/mol. The molecular formula is C15H13ClN2OS. The Bertz CT molecular complexity index is 652. The van der Waals surface area contributed by atoms with Crippen LogP contribution in [0.4, 0.5) is 0 Å². The van der Waals surface area contributed by atoms with Crippen LogP contribution >= 0.6 is 22.9 Å². The van der Waals surface area contributed by atoms with Crippen LogP contribution in [0.25, 0.3) is 6.08 Å². The van der Waals surface area contributed by atoms with Gasteiger partial charge in [0.15, 0.2) is 0 Å². The highest BCUT2D eigenvalue weighted by atomic mass is 35.5. The number of benzene rings is 1. The Labute approximate surface area is 126 Å². The summed E-state index contributed by atoms with van der Waals surface area (Å²) < 4.78 is 0. The maximum Gasteiger partial charge on any atom is 0.244 e. The summed E-state index contributed by atoms with van der Waals surface area (Å²) in [6.45, 7) is 0. The van der Waals surface area contributed by atoms with E-state index >= 15 is 0 Å². The zero-order valence-electron chi connectivity index (χ0n) is 10.7. The van der Waals surface area contributed by atoms with Gasteiger partial charge >= 0.3 is 0 Å². The van der Waals surface area contributed by atoms with E-state index in [0.717, 1.165) is 23.6 Å². The molecule has 0 aliphatic heterocycles. The van der Waals surface area contributed by atoms with E-state index in [1.165, 1.54) is 28.5 Å². The van der Waals surface area contributed by atoms with Crippen molar-refractivity contribution in [1.82, 2.24) is 10.3 Å². The number of thiazole rings is 1. The van der Waals surface area contributed by atoms with Gasteiger partial charge in [-0.3, -0.25) is 4.79 Å². The summed E-state index contributed by atoms with van der Waals surface area (Å²) in [4.78, 5) is 16.0. The molecule has 1 aliphatic rings. The lowest BCUT2D eigenvalue weighted by molar-refractivity contribution is -0.117. The minimum Gasteiger partial charge on any atom is -0.346 e. The third-order valence-corrected chi connectivity index (χ3v) is 4.20. The second-order valence-electron chi connectivity index (χ2n) is 4.69. The first kappa shape index (κ1) is 13.3. The van der Waals surface area contributed by atoms with Gasteiger partial charge in [0.05, 0.1) is 17.2 Å². The Morgan fingerprint density at radius 1 is 1.50 bits per heavy atom. The first-order chi connectivity index (χ1) is 9.72. The van der Waals surface area contributed by atoms with Crippen molar-refractivity contribution >= 4 is 34.9 Å². The van der Waals surface area contributed by atoms with Crippen LogP contribution in [0.15, 0.2) is 35.2 Å². The van der Waals surface area contributed by atoms with E-state index < -0.39 is 0 Å². The number of nitrogens with one attached hydrogen (secondary N) is 1. The van der Waals surface area contributed by atoms with E-state index in [1.54, 1.807) is 11.6 Å². The van der Waals surface area contributed by atoms with Gasteiger partial charge in [0, 0.05) is 16.5 Å². The van der Waals surface area contributed by atoms with Crippen LogP contribution in [0, 0.1) is 0 Å². The summed E-state index contributed by atoms with van der Waals surface area (Å²) in [7, 11) is 0. The summed E-state index contributed by atoms with van der Waals surface area (Å²) in [6, 6.07) is 5.93. The van der Waals surface area contributed by atoms with Gasteiger partial charge in [-0.15, -0.1) is 11.3 Å². The second-order valence-corrected chi connectivity index (χ2v) is 5.84. The number of hydrogen-bond donors (Lipinski definition) is 1. The van der Waals surface area contributed by atoms with E-state index in [1.807, 2.05) is 23.6 Å². The number of carbonyl (C=O) groups excluding carboxylic acids is 1. The number of hydrogen-bond acceptors (Lipinski definition) is 3. The zero-order valence-corrected chi connectivity index (χ0v) is 12.2. The lowest BCUT2D eigenvalue weighted by Crippen LogP contribution is -2.25. The minimum atomic E-state index is -0.0919. The van der Waals surface area contributed by atoms with Gasteiger partial charge < -0.3 is 5.32 Å². The third-order valence-electron chi connectivity index (χ3n) is 3.36. The molecular weight excluding hydrogens is 292 g/mol. The molecule has 1 heterocycles. The highest BCUT2D eigenvalue weighted by molar-refractivity contribution is 7.07. The van der Waals surface area contributed by atoms with E-state index in [4.69, 9.17) is 11.6 Å². The number of aryl methyl sites for hydroxylation is 1. The molecule has 1 aliphatic carbocycles. The quantitative estimate of drug-likeness (QED) is 0.880. The van der Waals surface area contributed by atoms with Crippen molar-refractivity contribution in [3.63, 3.8) is 0 Å². The van der Waals surface area contributed by atoms with Crippen LogP contribution in [0.2, 0.25) is 5.02 Å². The molecule has 3 nitrogen and oxygen atoms in total. The third kappa shape index (κ3) is 2.92. The summed E-state index contributed by atoms with van der Waals surface area (Å²) in [5, 5.41) is 5.67. The molecule has 1 N–H and O–H groups in total. The minimum absolute atomic E-state index is 0.0786. The molecule has 0 spiro atoms. The van der Waals surface area contributed by atoms with E-state index in [-0.39, 0.29) is 11.9 Å². The monoisotopic (exact) mass is 304 g/mol. The molecule has 0 saturated heterocycles. The lowest BCUT2D eigenvalue weighted by Gasteiger charge is -2.12. The van der Waals surface area contributed by atoms with Crippen LogP contribution in [-0.4, -0.2) is 10.9 Å². The molecule has 2 aromatic rings. The smallest absolute Gasteiger partial charge is 0.244 e. The number of fused-ring (bicyclic) bond motifs is 1. The van der Waals surface area contributed by atoms with Crippen molar-refractivity contribution in [3.05, 3.63) is 57.0 Å². The van der Waals surface area contributed by atoms with Crippen LogP contribution in [-0.2, 0) is 11.2 Å². The molecule has 1 atom stereocenters. The first-order valence-electron chi connectivity index (χ1n) is 6.37. The summed E-state index contributed by atoms with van der Waals surface area (Å²) in [5.74, 6) is -0.0919. The van der Waals surface area contributed by atoms with Gasteiger partial charge in [-0.25, -0.2) is 4.98 Å². The van der Waals surface area contributed by atoms with E-state index in [0.29, 0.717) is 0 Å². The maximum absolute atomic E-state index is 11.9. The van der Waals surface area contributed by atoms with E-state index in [2.05, 4.69) is 10.3 Å². The Hall–Kier alpha value is -1.65. The van der Waals surface area contributed by atoms with Gasteiger partial charge in [-0.05, 0) is 42.2 Å². The number of halogens is 1. The number of carbonyl (C=O) groups is 1. The fourth-order valence-corrected chi connectivity index (χ4v) is 3.14. The standard InChI is InChI=1S/C15H13ClN2OS/c16-11-2-4-13-10(7-11)1-5-14(13)18-15(19)6-3-12-8-20-9-17-12/h2-4,6-9,14H,1,5H2,(H,18,19)/b6-3+/t14-/m0/s1. The largest absolute Gasteiger partial charge is 0.346 e. The Kier molecular flexibility index (Phi) is 3.85. The number of aromatic nitrogens is 1. The molecule has 20 heavy (non-hydrogen) atoms. The zero-order chi connectivity index (χ0) is 13.9. The van der Waals surface area contributed by atoms with Crippen molar-refractivity contribution in [2.45, 2.75) is 18.9 Å². The van der Waals surface area contributed by atoms with Crippen LogP contribution in [0.1, 0.15) is 29.3 Å². The van der Waals surface area contributed by atoms with Crippen molar-refractivity contribution in [2.75, 3.05) is 0 Å². The Morgan fingerprint density at radius 3 is 3.20 bits per heavy atom. The van der Waals surface area contributed by atoms with Crippen LogP contribution in [0.3, 0.4) is 0 Å². The number of rotatable bonds is 3. The molecule has 0 radical (unpaired) electrons. The maximum atomic E-state index is 11.9. The average Bonchev–Trinajstić information content (AvgIpc) is 3.06. The predicted octanol–water partition coefficient (Wildman–Crippen LogP) is 3.61. The van der Waals surface area contributed by atoms with Gasteiger partial charge in [0.25, 0.3) is 0 Å². The first-order valence-corrected chi connectivity index (χ1v) is 7.69. The van der Waals surface area contributed by atoms with Crippen LogP contribution < -0.4 is 5.32 Å². The topological polar surface area (TPSA) is 42.0 Å². The molecule has 3 rings (SSSR count). The summed E-state index contributed by atoms with van der Waals surface area (Å²) in [6.07, 6.45) is 5.13. The van der Waals surface area contributed by atoms with Crippen molar-refractivity contribution in [2.24, 2.45) is 0 Å². The molecule has 5 heteroatoms. The Morgan fingerprint density at radius 2 is 2.40 bits per heavy atom. The van der Waals surface area contributed by atoms with Gasteiger partial charge in [0.2, 0.25) is 5.91 Å². The molecule has 1 aromatic carbocycles. The predicted molar refractivity (Wildman–Crippen MR) is 81.8 cm³/mol. The molecule has 1 aromatic heterocycles. The highest BCUT2D eigenvalue weighted by Gasteiger charge is 2.23. The molecule has 0 saturated carbocycles. The molecule has 102 valence electrons. The highest BCUT2D eigenvalue weighted by Crippen LogP contribution is 2.32. The lowest BCUT2D eigenvalue weighted by atomic mass is 10.1. The van der Waals surface area contributed by atoms with Crippen molar-refractivity contribution in [3.8, 4) is 0 Å². The van der Waals surface area contributed by atoms with Crippen molar-refractivity contribution < 1.29 is 4.79 Å². The molecule has 0 unspecified atom stereocenters. The number of amides is 1. The molecule has 0 fully saturated rings. The molecule has 1 amide bonds. The second kappa shape index (κ2) is 5.77. The van der Waals surface area contributed by atoms with Gasteiger partial charge in [-0.1, -0.05) is 17.7 Å². The van der Waals surface area contributed by atoms with Crippen LogP contribution in [0.5, 0.6) is 0 Å². The normalized spacial score (nSPS) is 17.4. The van der Waals surface area contributed by atoms with Crippen molar-refractivity contribution in [1.29, 1.82) is 0 Å². The fourth-order valence-electron chi connectivity index (χ4n) is 2.42. The number of nitrogens with zero attached hydrogens (tertiary/aromatic N) is 1. The summed E-state index contributed by atoms with van der Waals surface area (Å²) in [5.41, 5.74) is 4.95. The van der Waals surface area contributed by atoms with Gasteiger partial charge in [-0.2, -0.15) is 0 Å². The molecule has 0 bridgehead atoms. The van der Waals surface area contributed by atoms with E-state index in [9.17, 15) is 4.79 Å². The SMILES string of the molecule is O=C(/C=C/c1cscn1)N[C@H]1CCc2cc(Cl)ccc21. The van der Waals surface area contributed by atoms with Gasteiger partial charge in [0.1, 0.15) is 0 Å². The summed E-state index contributed by atoms with van der Waals surface area (Å²) >= 11 is 7.49. The Balaban J connectivity index is 1.66. The fraction of sp³-hybridized carbons (Fsp3) is 0.200.